The molecule has 0 bridgehead atoms. The number of carbonyl (C=O) groups is 2. The topological polar surface area (TPSA) is 91.2 Å². The van der Waals surface area contributed by atoms with E-state index in [-0.39, 0.29) is 18.4 Å². The molecule has 112 valence electrons. The third-order valence-corrected chi connectivity index (χ3v) is 3.00. The van der Waals surface area contributed by atoms with E-state index in [1.54, 1.807) is 20.8 Å². The lowest BCUT2D eigenvalue weighted by molar-refractivity contribution is -0.123. The first-order chi connectivity index (χ1) is 9.31. The first-order valence-corrected chi connectivity index (χ1v) is 6.98. The molecule has 20 heavy (non-hydrogen) atoms. The summed E-state index contributed by atoms with van der Waals surface area (Å²) in [6, 6.07) is 1.20. The molecular formula is C14H23N3O3. The fraction of sp³-hybridized carbons (Fsp3) is 0.786. The van der Waals surface area contributed by atoms with E-state index in [1.807, 2.05) is 6.07 Å². The van der Waals surface area contributed by atoms with Crippen molar-refractivity contribution in [1.29, 1.82) is 5.26 Å². The molecule has 1 atom stereocenters. The van der Waals surface area contributed by atoms with Crippen LogP contribution in [0, 0.1) is 11.3 Å². The summed E-state index contributed by atoms with van der Waals surface area (Å²) in [5.41, 5.74) is -0.636. The van der Waals surface area contributed by atoms with Crippen molar-refractivity contribution in [3.63, 3.8) is 0 Å². The summed E-state index contributed by atoms with van der Waals surface area (Å²) in [6.07, 6.45) is 3.37. The minimum absolute atomic E-state index is 0.0716. The largest absolute Gasteiger partial charge is 0.444 e. The Hall–Kier alpha value is -1.77. The lowest BCUT2D eigenvalue weighted by atomic mass is 10.1. The summed E-state index contributed by atoms with van der Waals surface area (Å²) in [5.74, 6) is -0.315. The van der Waals surface area contributed by atoms with E-state index in [2.05, 4.69) is 10.6 Å². The van der Waals surface area contributed by atoms with Crippen molar-refractivity contribution in [2.75, 3.05) is 0 Å². The van der Waals surface area contributed by atoms with Crippen molar-refractivity contribution in [3.05, 3.63) is 0 Å². The molecule has 1 fully saturated rings. The SMILES string of the molecule is CC(C)(C)OC(=O)NC(CC#N)C(=O)NC1CCCC1. The third kappa shape index (κ3) is 5.91. The Kier molecular flexibility index (Phi) is 5.81. The van der Waals surface area contributed by atoms with Crippen molar-refractivity contribution in [2.45, 2.75) is 70.6 Å². The van der Waals surface area contributed by atoms with Gasteiger partial charge in [0, 0.05) is 6.04 Å². The molecule has 2 amide bonds. The van der Waals surface area contributed by atoms with E-state index in [4.69, 9.17) is 10.00 Å². The van der Waals surface area contributed by atoms with Gasteiger partial charge in [-0.25, -0.2) is 4.79 Å². The highest BCUT2D eigenvalue weighted by atomic mass is 16.6. The quantitative estimate of drug-likeness (QED) is 0.822. The molecule has 2 N–H and O–H groups in total. The molecule has 0 aromatic rings. The second-order valence-corrected chi connectivity index (χ2v) is 6.05. The molecule has 0 saturated heterocycles. The highest BCUT2D eigenvalue weighted by molar-refractivity contribution is 5.86. The molecule has 1 saturated carbocycles. The molecule has 1 rings (SSSR count). The highest BCUT2D eigenvalue weighted by Gasteiger charge is 2.26. The number of alkyl carbamates (subject to hydrolysis) is 1. The van der Waals surface area contributed by atoms with Crippen LogP contribution in [-0.2, 0) is 9.53 Å². The Labute approximate surface area is 119 Å². The zero-order valence-corrected chi connectivity index (χ0v) is 12.4. The standard InChI is InChI=1S/C14H23N3O3/c1-14(2,3)20-13(19)17-11(8-9-15)12(18)16-10-6-4-5-7-10/h10-11H,4-8H2,1-3H3,(H,16,18)(H,17,19). The average Bonchev–Trinajstić information content (AvgIpc) is 2.78. The van der Waals surface area contributed by atoms with Crippen LogP contribution in [0.15, 0.2) is 0 Å². The maximum atomic E-state index is 12.1. The molecule has 1 aliphatic carbocycles. The minimum atomic E-state index is -0.865. The molecule has 0 aromatic carbocycles. The Bertz CT molecular complexity index is 389. The van der Waals surface area contributed by atoms with Crippen LogP contribution in [0.1, 0.15) is 52.9 Å². The normalized spacial score (nSPS) is 17.1. The molecule has 0 radical (unpaired) electrons. The van der Waals surface area contributed by atoms with Crippen LogP contribution in [0.5, 0.6) is 0 Å². The van der Waals surface area contributed by atoms with Gasteiger partial charge in [0.05, 0.1) is 12.5 Å². The van der Waals surface area contributed by atoms with E-state index in [0.29, 0.717) is 0 Å². The Morgan fingerprint density at radius 3 is 2.45 bits per heavy atom. The predicted molar refractivity (Wildman–Crippen MR) is 73.8 cm³/mol. The van der Waals surface area contributed by atoms with Crippen molar-refractivity contribution < 1.29 is 14.3 Å². The van der Waals surface area contributed by atoms with Gasteiger partial charge in [0.2, 0.25) is 5.91 Å². The fourth-order valence-electron chi connectivity index (χ4n) is 2.12. The van der Waals surface area contributed by atoms with E-state index in [1.165, 1.54) is 0 Å². The number of amides is 2. The summed E-state index contributed by atoms with van der Waals surface area (Å²) < 4.78 is 5.10. The number of nitrogens with one attached hydrogen (secondary N) is 2. The molecule has 0 aromatic heterocycles. The molecule has 0 heterocycles. The van der Waals surface area contributed by atoms with Crippen LogP contribution in [-0.4, -0.2) is 29.7 Å². The molecular weight excluding hydrogens is 258 g/mol. The predicted octanol–water partition coefficient (Wildman–Crippen LogP) is 1.85. The van der Waals surface area contributed by atoms with E-state index in [0.717, 1.165) is 25.7 Å². The molecule has 1 aliphatic rings. The van der Waals surface area contributed by atoms with Gasteiger partial charge in [0.1, 0.15) is 11.6 Å². The lowest BCUT2D eigenvalue weighted by Gasteiger charge is -2.23. The van der Waals surface area contributed by atoms with Crippen LogP contribution in [0.2, 0.25) is 0 Å². The van der Waals surface area contributed by atoms with Crippen LogP contribution in [0.25, 0.3) is 0 Å². The summed E-state index contributed by atoms with van der Waals surface area (Å²) in [7, 11) is 0. The van der Waals surface area contributed by atoms with E-state index >= 15 is 0 Å². The Morgan fingerprint density at radius 1 is 1.35 bits per heavy atom. The van der Waals surface area contributed by atoms with E-state index in [9.17, 15) is 9.59 Å². The van der Waals surface area contributed by atoms with Crippen molar-refractivity contribution in [2.24, 2.45) is 0 Å². The number of carbonyl (C=O) groups excluding carboxylic acids is 2. The second kappa shape index (κ2) is 7.13. The number of ether oxygens (including phenoxy) is 1. The molecule has 0 spiro atoms. The number of nitriles is 1. The van der Waals surface area contributed by atoms with Gasteiger partial charge in [-0.1, -0.05) is 12.8 Å². The monoisotopic (exact) mass is 281 g/mol. The van der Waals surface area contributed by atoms with Gasteiger partial charge in [0.25, 0.3) is 0 Å². The molecule has 1 unspecified atom stereocenters. The zero-order chi connectivity index (χ0) is 15.2. The summed E-state index contributed by atoms with van der Waals surface area (Å²) in [4.78, 5) is 23.7. The van der Waals surface area contributed by atoms with Crippen molar-refractivity contribution >= 4 is 12.0 Å². The van der Waals surface area contributed by atoms with Crippen LogP contribution < -0.4 is 10.6 Å². The maximum Gasteiger partial charge on any atom is 0.408 e. The van der Waals surface area contributed by atoms with Gasteiger partial charge in [0.15, 0.2) is 0 Å². The van der Waals surface area contributed by atoms with Crippen LogP contribution >= 0.6 is 0 Å². The van der Waals surface area contributed by atoms with Crippen molar-refractivity contribution in [3.8, 4) is 6.07 Å². The third-order valence-electron chi connectivity index (χ3n) is 3.00. The van der Waals surface area contributed by atoms with Gasteiger partial charge in [-0.05, 0) is 33.6 Å². The minimum Gasteiger partial charge on any atom is -0.444 e. The number of nitrogens with zero attached hydrogens (tertiary/aromatic N) is 1. The molecule has 0 aliphatic heterocycles. The smallest absolute Gasteiger partial charge is 0.408 e. The summed E-state index contributed by atoms with van der Waals surface area (Å²) in [5, 5.41) is 14.1. The maximum absolute atomic E-state index is 12.1. The van der Waals surface area contributed by atoms with Gasteiger partial charge in [-0.2, -0.15) is 5.26 Å². The first-order valence-electron chi connectivity index (χ1n) is 6.98. The van der Waals surface area contributed by atoms with Gasteiger partial charge >= 0.3 is 6.09 Å². The summed E-state index contributed by atoms with van der Waals surface area (Å²) in [6.45, 7) is 5.22. The average molecular weight is 281 g/mol. The molecule has 6 heteroatoms. The Morgan fingerprint density at radius 2 is 1.95 bits per heavy atom. The number of rotatable bonds is 4. The van der Waals surface area contributed by atoms with Gasteiger partial charge < -0.3 is 15.4 Å². The second-order valence-electron chi connectivity index (χ2n) is 6.05. The summed E-state index contributed by atoms with van der Waals surface area (Å²) >= 11 is 0. The van der Waals surface area contributed by atoms with E-state index < -0.39 is 17.7 Å². The fourth-order valence-corrected chi connectivity index (χ4v) is 2.12. The number of hydrogen-bond donors (Lipinski definition) is 2. The Balaban J connectivity index is 2.52. The van der Waals surface area contributed by atoms with Crippen molar-refractivity contribution in [1.82, 2.24) is 10.6 Å². The van der Waals surface area contributed by atoms with Gasteiger partial charge in [-0.15, -0.1) is 0 Å². The highest BCUT2D eigenvalue weighted by Crippen LogP contribution is 2.17. The lowest BCUT2D eigenvalue weighted by Crippen LogP contribution is -2.50. The van der Waals surface area contributed by atoms with Crippen LogP contribution in [0.3, 0.4) is 0 Å². The number of hydrogen-bond acceptors (Lipinski definition) is 4. The zero-order valence-electron chi connectivity index (χ0n) is 12.4. The van der Waals surface area contributed by atoms with Crippen LogP contribution in [0.4, 0.5) is 4.79 Å². The first kappa shape index (κ1) is 16.3. The molecule has 6 nitrogen and oxygen atoms in total. The van der Waals surface area contributed by atoms with Gasteiger partial charge in [-0.3, -0.25) is 4.79 Å².